The number of benzene rings is 2. The van der Waals surface area contributed by atoms with Crippen LogP contribution in [0.15, 0.2) is 62.6 Å². The highest BCUT2D eigenvalue weighted by Gasteiger charge is 2.29. The number of fused-ring (bicyclic) bond motifs is 1. The lowest BCUT2D eigenvalue weighted by Crippen LogP contribution is -2.48. The number of sulfonamides is 1. The minimum absolute atomic E-state index is 0.0299. The summed E-state index contributed by atoms with van der Waals surface area (Å²) in [7, 11) is -1.98. The van der Waals surface area contributed by atoms with Crippen molar-refractivity contribution in [2.45, 2.75) is 37.6 Å². The van der Waals surface area contributed by atoms with Crippen molar-refractivity contribution in [3.63, 3.8) is 0 Å². The lowest BCUT2D eigenvalue weighted by molar-refractivity contribution is 0.182. The van der Waals surface area contributed by atoms with Gasteiger partial charge in [-0.3, -0.25) is 4.90 Å². The van der Waals surface area contributed by atoms with Gasteiger partial charge in [-0.2, -0.15) is 4.31 Å². The average Bonchev–Trinajstić information content (AvgIpc) is 2.78. The monoisotopic (exact) mass is 470 g/mol. The summed E-state index contributed by atoms with van der Waals surface area (Å²) in [5.74, 6) is 0.622. The molecule has 1 aliphatic rings. The van der Waals surface area contributed by atoms with Crippen LogP contribution < -0.4 is 10.4 Å². The van der Waals surface area contributed by atoms with Gasteiger partial charge in [0.05, 0.1) is 12.0 Å². The molecular formula is C25H30N2O5S. The van der Waals surface area contributed by atoms with Gasteiger partial charge in [-0.15, -0.1) is 0 Å². The molecule has 0 unspecified atom stereocenters. The van der Waals surface area contributed by atoms with Gasteiger partial charge in [0, 0.05) is 50.2 Å². The second-order valence-electron chi connectivity index (χ2n) is 9.41. The van der Waals surface area contributed by atoms with Gasteiger partial charge < -0.3 is 9.15 Å². The molecule has 0 atom stereocenters. The molecule has 3 aromatic rings. The molecule has 33 heavy (non-hydrogen) atoms. The van der Waals surface area contributed by atoms with Crippen LogP contribution >= 0.6 is 0 Å². The summed E-state index contributed by atoms with van der Waals surface area (Å²) in [5.41, 5.74) is 2.00. The van der Waals surface area contributed by atoms with Crippen molar-refractivity contribution >= 4 is 21.0 Å². The van der Waals surface area contributed by atoms with E-state index in [1.807, 2.05) is 24.3 Å². The van der Waals surface area contributed by atoms with Gasteiger partial charge in [-0.25, -0.2) is 13.2 Å². The summed E-state index contributed by atoms with van der Waals surface area (Å²) in [5, 5.41) is 0.851. The Hall–Kier alpha value is -2.68. The number of rotatable bonds is 5. The predicted octanol–water partition coefficient (Wildman–Crippen LogP) is 3.61. The first-order valence-corrected chi connectivity index (χ1v) is 12.5. The van der Waals surface area contributed by atoms with Crippen molar-refractivity contribution in [1.82, 2.24) is 9.21 Å². The Labute approximate surface area is 194 Å². The standard InChI is InChI=1S/C25H30N2O5S/c1-25(2,3)19-5-8-21(9-6-19)33(29,30)27-13-11-26(12-14-27)17-18-15-24(28)32-23-16-20(31-4)7-10-22(18)23/h5-10,15-16H,11-14,17H2,1-4H3. The molecule has 1 saturated heterocycles. The molecule has 1 aliphatic heterocycles. The SMILES string of the molecule is COc1ccc2c(CN3CCN(S(=O)(=O)c4ccc(C(C)(C)C)cc4)CC3)cc(=O)oc2c1. The highest BCUT2D eigenvalue weighted by atomic mass is 32.2. The largest absolute Gasteiger partial charge is 0.497 e. The summed E-state index contributed by atoms with van der Waals surface area (Å²) in [6, 6.07) is 14.1. The summed E-state index contributed by atoms with van der Waals surface area (Å²) in [6.45, 7) is 8.81. The van der Waals surface area contributed by atoms with E-state index >= 15 is 0 Å². The van der Waals surface area contributed by atoms with Crippen LogP contribution in [0, 0.1) is 0 Å². The average molecular weight is 471 g/mol. The van der Waals surface area contributed by atoms with Crippen LogP contribution in [0.1, 0.15) is 31.9 Å². The molecule has 1 fully saturated rings. The number of piperazine rings is 1. The van der Waals surface area contributed by atoms with E-state index in [0.717, 1.165) is 16.5 Å². The van der Waals surface area contributed by atoms with Gasteiger partial charge in [-0.05, 0) is 40.8 Å². The van der Waals surface area contributed by atoms with Crippen molar-refractivity contribution < 1.29 is 17.6 Å². The van der Waals surface area contributed by atoms with Crippen molar-refractivity contribution in [2.24, 2.45) is 0 Å². The highest BCUT2D eigenvalue weighted by Crippen LogP contribution is 2.26. The molecule has 1 aromatic heterocycles. The third-order valence-electron chi connectivity index (χ3n) is 6.12. The summed E-state index contributed by atoms with van der Waals surface area (Å²) < 4.78 is 38.4. The maximum Gasteiger partial charge on any atom is 0.336 e. The van der Waals surface area contributed by atoms with E-state index in [1.165, 1.54) is 10.4 Å². The molecule has 8 heteroatoms. The third-order valence-corrected chi connectivity index (χ3v) is 8.03. The molecule has 0 N–H and O–H groups in total. The minimum atomic E-state index is -3.54. The Balaban J connectivity index is 1.46. The highest BCUT2D eigenvalue weighted by molar-refractivity contribution is 7.89. The van der Waals surface area contributed by atoms with Crippen LogP contribution in [0.4, 0.5) is 0 Å². The Morgan fingerprint density at radius 2 is 1.64 bits per heavy atom. The molecule has 0 bridgehead atoms. The second kappa shape index (κ2) is 8.93. The van der Waals surface area contributed by atoms with Crippen molar-refractivity contribution in [3.8, 4) is 5.75 Å². The maximum atomic E-state index is 13.1. The number of hydrogen-bond acceptors (Lipinski definition) is 6. The van der Waals surface area contributed by atoms with Crippen molar-refractivity contribution in [2.75, 3.05) is 33.3 Å². The molecule has 176 valence electrons. The molecule has 0 radical (unpaired) electrons. The van der Waals surface area contributed by atoms with Crippen LogP contribution in [0.25, 0.3) is 11.0 Å². The van der Waals surface area contributed by atoms with Gasteiger partial charge >= 0.3 is 5.63 Å². The van der Waals surface area contributed by atoms with E-state index in [2.05, 4.69) is 25.7 Å². The third kappa shape index (κ3) is 4.98. The summed E-state index contributed by atoms with van der Waals surface area (Å²) in [4.78, 5) is 14.5. The van der Waals surface area contributed by atoms with Crippen LogP contribution in [-0.2, 0) is 22.0 Å². The van der Waals surface area contributed by atoms with Crippen molar-refractivity contribution in [3.05, 3.63) is 70.1 Å². The Morgan fingerprint density at radius 3 is 2.24 bits per heavy atom. The number of ether oxygens (including phenoxy) is 1. The zero-order chi connectivity index (χ0) is 23.8. The zero-order valence-electron chi connectivity index (χ0n) is 19.5. The van der Waals surface area contributed by atoms with Crippen molar-refractivity contribution in [1.29, 1.82) is 0 Å². The molecule has 2 heterocycles. The lowest BCUT2D eigenvalue weighted by atomic mass is 9.87. The van der Waals surface area contributed by atoms with Crippen LogP contribution in [-0.4, -0.2) is 50.9 Å². The van der Waals surface area contributed by atoms with E-state index in [0.29, 0.717) is 49.0 Å². The predicted molar refractivity (Wildman–Crippen MR) is 128 cm³/mol. The molecule has 0 amide bonds. The first-order chi connectivity index (χ1) is 15.6. The topological polar surface area (TPSA) is 80.1 Å². The fourth-order valence-corrected chi connectivity index (χ4v) is 5.54. The van der Waals surface area contributed by atoms with E-state index in [1.54, 1.807) is 25.3 Å². The molecule has 0 saturated carbocycles. The van der Waals surface area contributed by atoms with E-state index in [4.69, 9.17) is 9.15 Å². The summed E-state index contributed by atoms with van der Waals surface area (Å²) in [6.07, 6.45) is 0. The normalized spacial score (nSPS) is 16.2. The lowest BCUT2D eigenvalue weighted by Gasteiger charge is -2.34. The van der Waals surface area contributed by atoms with Crippen LogP contribution in [0.2, 0.25) is 0 Å². The molecule has 2 aromatic carbocycles. The number of hydrogen-bond donors (Lipinski definition) is 0. The van der Waals surface area contributed by atoms with E-state index < -0.39 is 15.6 Å². The number of methoxy groups -OCH3 is 1. The Kier molecular flexibility index (Phi) is 6.35. The van der Waals surface area contributed by atoms with Crippen LogP contribution in [0.5, 0.6) is 5.75 Å². The first kappa shape index (κ1) is 23.5. The maximum absolute atomic E-state index is 13.1. The van der Waals surface area contributed by atoms with E-state index in [9.17, 15) is 13.2 Å². The Bertz CT molecular complexity index is 1300. The zero-order valence-corrected chi connectivity index (χ0v) is 20.3. The molecule has 4 rings (SSSR count). The van der Waals surface area contributed by atoms with Gasteiger partial charge in [0.2, 0.25) is 10.0 Å². The Morgan fingerprint density at radius 1 is 0.970 bits per heavy atom. The minimum Gasteiger partial charge on any atom is -0.497 e. The van der Waals surface area contributed by atoms with Gasteiger partial charge in [-0.1, -0.05) is 32.9 Å². The fraction of sp³-hybridized carbons (Fsp3) is 0.400. The van der Waals surface area contributed by atoms with Gasteiger partial charge in [0.1, 0.15) is 11.3 Å². The van der Waals surface area contributed by atoms with Crippen LogP contribution in [0.3, 0.4) is 0 Å². The van der Waals surface area contributed by atoms with Gasteiger partial charge in [0.25, 0.3) is 0 Å². The smallest absolute Gasteiger partial charge is 0.336 e. The quantitative estimate of drug-likeness (QED) is 0.530. The fourth-order valence-electron chi connectivity index (χ4n) is 4.11. The second-order valence-corrected chi connectivity index (χ2v) is 11.3. The molecule has 0 aliphatic carbocycles. The van der Waals surface area contributed by atoms with Gasteiger partial charge in [0.15, 0.2) is 0 Å². The molecular weight excluding hydrogens is 440 g/mol. The molecule has 0 spiro atoms. The number of nitrogens with zero attached hydrogens (tertiary/aromatic N) is 2. The molecule has 7 nitrogen and oxygen atoms in total. The first-order valence-electron chi connectivity index (χ1n) is 11.0. The van der Waals surface area contributed by atoms with E-state index in [-0.39, 0.29) is 5.41 Å². The summed E-state index contributed by atoms with van der Waals surface area (Å²) >= 11 is 0.